The van der Waals surface area contributed by atoms with Crippen LogP contribution < -0.4 is 0 Å². The zero-order valence-corrected chi connectivity index (χ0v) is 4.61. The summed E-state index contributed by atoms with van der Waals surface area (Å²) in [6.45, 7) is 0.856. The van der Waals surface area contributed by atoms with Crippen LogP contribution in [-0.4, -0.2) is 18.8 Å². The second-order valence-corrected chi connectivity index (χ2v) is 1.30. The van der Waals surface area contributed by atoms with Gasteiger partial charge in [-0.15, -0.1) is 0 Å². The van der Waals surface area contributed by atoms with Gasteiger partial charge < -0.3 is 4.74 Å². The Labute approximate surface area is 49.6 Å². The van der Waals surface area contributed by atoms with E-state index < -0.39 is 18.8 Å². The highest BCUT2D eigenvalue weighted by atomic mass is 19.3. The van der Waals surface area contributed by atoms with E-state index in [2.05, 4.69) is 4.74 Å². The van der Waals surface area contributed by atoms with Crippen molar-refractivity contribution in [1.82, 2.24) is 0 Å². The third-order valence-electron chi connectivity index (χ3n) is 0.477. The molecule has 54 valence electrons. The fourth-order valence-corrected chi connectivity index (χ4v) is 0.210. The third kappa shape index (κ3) is 3.81. The molecule has 0 rings (SSSR count). The van der Waals surface area contributed by atoms with Crippen LogP contribution in [0, 0.1) is 0 Å². The lowest BCUT2D eigenvalue weighted by Crippen LogP contribution is -2.18. The van der Waals surface area contributed by atoms with Crippen molar-refractivity contribution in [2.24, 2.45) is 0 Å². The molecule has 0 spiro atoms. The van der Waals surface area contributed by atoms with Gasteiger partial charge in [0.25, 0.3) is 0 Å². The fourth-order valence-electron chi connectivity index (χ4n) is 0.210. The molecule has 1 unspecified atom stereocenters. The summed E-state index contributed by atoms with van der Waals surface area (Å²) in [5.74, 6) is -1.05. The minimum Gasteiger partial charge on any atom is -0.425 e. The molecule has 0 aliphatic rings. The van der Waals surface area contributed by atoms with Crippen LogP contribution in [-0.2, 0) is 9.53 Å². The molecule has 0 fully saturated rings. The first kappa shape index (κ1) is 8.26. The Morgan fingerprint density at radius 2 is 1.89 bits per heavy atom. The van der Waals surface area contributed by atoms with Gasteiger partial charge in [-0.2, -0.15) is 4.39 Å². The zero-order valence-electron chi connectivity index (χ0n) is 4.61. The number of hydrogen-bond acceptors (Lipinski definition) is 2. The smallest absolute Gasteiger partial charge is 0.305 e. The lowest BCUT2D eigenvalue weighted by atomic mass is 10.7. The molecule has 0 aliphatic carbocycles. The summed E-state index contributed by atoms with van der Waals surface area (Å²) in [7, 11) is 0. The summed E-state index contributed by atoms with van der Waals surface area (Å²) in [5.41, 5.74) is 0. The largest absolute Gasteiger partial charge is 0.425 e. The minimum atomic E-state index is -3.26. The van der Waals surface area contributed by atoms with E-state index >= 15 is 0 Å². The van der Waals surface area contributed by atoms with Crippen LogP contribution in [0.4, 0.5) is 13.2 Å². The second kappa shape index (κ2) is 3.32. The number of hydrogen-bond donors (Lipinski definition) is 0. The first-order valence-corrected chi connectivity index (χ1v) is 2.13. The fraction of sp³-hybridized carbons (Fsp3) is 0.750. The van der Waals surface area contributed by atoms with Crippen LogP contribution in [0.25, 0.3) is 0 Å². The maximum atomic E-state index is 11.6. The Kier molecular flexibility index (Phi) is 3.05. The number of carbonyl (C=O) groups is 1. The van der Waals surface area contributed by atoms with Gasteiger partial charge in [-0.3, -0.25) is 4.79 Å². The summed E-state index contributed by atoms with van der Waals surface area (Å²) >= 11 is 0. The number of halogens is 3. The van der Waals surface area contributed by atoms with E-state index in [4.69, 9.17) is 0 Å². The predicted molar refractivity (Wildman–Crippen MR) is 22.7 cm³/mol. The molecule has 0 aromatic rings. The van der Waals surface area contributed by atoms with Gasteiger partial charge in [0.2, 0.25) is 0 Å². The molecule has 0 aliphatic heterocycles. The number of carbonyl (C=O) groups excluding carboxylic acids is 1. The van der Waals surface area contributed by atoms with Crippen LogP contribution in [0.2, 0.25) is 0 Å². The maximum absolute atomic E-state index is 11.6. The molecule has 0 heterocycles. The Bertz CT molecular complexity index is 104. The van der Waals surface area contributed by atoms with Gasteiger partial charge >= 0.3 is 18.8 Å². The second-order valence-electron chi connectivity index (χ2n) is 1.30. The molecule has 5 heteroatoms. The van der Waals surface area contributed by atoms with Gasteiger partial charge in [-0.1, -0.05) is 0 Å². The van der Waals surface area contributed by atoms with Gasteiger partial charge in [-0.25, -0.2) is 8.78 Å². The molecule has 0 aromatic heterocycles. The molecule has 0 saturated carbocycles. The Hall–Kier alpha value is -0.740. The number of rotatable bonds is 2. The molecule has 0 radical (unpaired) electrons. The highest BCUT2D eigenvalue weighted by Crippen LogP contribution is 2.06. The van der Waals surface area contributed by atoms with Crippen LogP contribution >= 0.6 is 0 Å². The van der Waals surface area contributed by atoms with Crippen LogP contribution in [0.1, 0.15) is 6.92 Å². The van der Waals surface area contributed by atoms with Crippen molar-refractivity contribution in [2.75, 3.05) is 0 Å². The molecule has 0 amide bonds. The summed E-state index contributed by atoms with van der Waals surface area (Å²) in [5, 5.41) is 0. The number of alkyl halides is 3. The first-order valence-electron chi connectivity index (χ1n) is 2.13. The van der Waals surface area contributed by atoms with Gasteiger partial charge in [0.1, 0.15) is 0 Å². The summed E-state index contributed by atoms with van der Waals surface area (Å²) < 4.78 is 37.3. The molecule has 0 N–H and O–H groups in total. The standard InChI is InChI=1S/C4H5F3O2/c1-2(8)9-4(7)3(5)6/h3-4H,1H3. The van der Waals surface area contributed by atoms with Gasteiger partial charge in [0, 0.05) is 6.92 Å². The lowest BCUT2D eigenvalue weighted by molar-refractivity contribution is -0.171. The SMILES string of the molecule is CC(=O)OC(F)C(F)F. The highest BCUT2D eigenvalue weighted by Gasteiger charge is 2.21. The van der Waals surface area contributed by atoms with E-state index in [0.29, 0.717) is 0 Å². The summed E-state index contributed by atoms with van der Waals surface area (Å²) in [4.78, 5) is 9.76. The van der Waals surface area contributed by atoms with E-state index in [9.17, 15) is 18.0 Å². The summed E-state index contributed by atoms with van der Waals surface area (Å²) in [6, 6.07) is 0. The van der Waals surface area contributed by atoms with Crippen molar-refractivity contribution >= 4 is 5.97 Å². The molecular weight excluding hydrogens is 137 g/mol. The summed E-state index contributed by atoms with van der Waals surface area (Å²) in [6.07, 6.45) is -6.05. The van der Waals surface area contributed by atoms with Gasteiger partial charge in [0.05, 0.1) is 0 Å². The minimum absolute atomic E-state index is 0.856. The molecular formula is C4H5F3O2. The van der Waals surface area contributed by atoms with Crippen molar-refractivity contribution in [1.29, 1.82) is 0 Å². The van der Waals surface area contributed by atoms with Crippen LogP contribution in [0.3, 0.4) is 0 Å². The Balaban J connectivity index is 3.50. The van der Waals surface area contributed by atoms with E-state index in [1.54, 1.807) is 0 Å². The number of ether oxygens (including phenoxy) is 1. The van der Waals surface area contributed by atoms with Crippen molar-refractivity contribution in [3.63, 3.8) is 0 Å². The molecule has 0 saturated heterocycles. The molecule has 1 atom stereocenters. The van der Waals surface area contributed by atoms with E-state index in [1.165, 1.54) is 0 Å². The van der Waals surface area contributed by atoms with Crippen LogP contribution in [0.15, 0.2) is 0 Å². The van der Waals surface area contributed by atoms with E-state index in [1.807, 2.05) is 0 Å². The Morgan fingerprint density at radius 1 is 1.44 bits per heavy atom. The molecule has 9 heavy (non-hydrogen) atoms. The third-order valence-corrected chi connectivity index (χ3v) is 0.477. The van der Waals surface area contributed by atoms with Crippen molar-refractivity contribution < 1.29 is 22.7 Å². The Morgan fingerprint density at radius 3 is 2.00 bits per heavy atom. The van der Waals surface area contributed by atoms with Crippen LogP contribution in [0.5, 0.6) is 0 Å². The average molecular weight is 142 g/mol. The number of esters is 1. The van der Waals surface area contributed by atoms with E-state index in [-0.39, 0.29) is 0 Å². The van der Waals surface area contributed by atoms with Crippen molar-refractivity contribution in [2.45, 2.75) is 19.7 Å². The van der Waals surface area contributed by atoms with E-state index in [0.717, 1.165) is 6.92 Å². The quantitative estimate of drug-likeness (QED) is 0.540. The molecule has 0 aromatic carbocycles. The average Bonchev–Trinajstić information content (AvgIpc) is 1.63. The normalized spacial score (nSPS) is 13.4. The maximum Gasteiger partial charge on any atom is 0.305 e. The predicted octanol–water partition coefficient (Wildman–Crippen LogP) is 1.11. The molecule has 2 nitrogen and oxygen atoms in total. The lowest BCUT2D eigenvalue weighted by Gasteiger charge is -2.04. The van der Waals surface area contributed by atoms with Gasteiger partial charge in [-0.05, 0) is 0 Å². The monoisotopic (exact) mass is 142 g/mol. The van der Waals surface area contributed by atoms with Crippen molar-refractivity contribution in [3.05, 3.63) is 0 Å². The topological polar surface area (TPSA) is 26.3 Å². The van der Waals surface area contributed by atoms with Gasteiger partial charge in [0.15, 0.2) is 0 Å². The molecule has 0 bridgehead atoms. The first-order chi connectivity index (χ1) is 4.04. The van der Waals surface area contributed by atoms with Crippen molar-refractivity contribution in [3.8, 4) is 0 Å². The highest BCUT2D eigenvalue weighted by molar-refractivity contribution is 5.66. The zero-order chi connectivity index (χ0) is 7.44.